The van der Waals surface area contributed by atoms with Crippen molar-refractivity contribution in [3.05, 3.63) is 42.5 Å². The van der Waals surface area contributed by atoms with Crippen LogP contribution < -0.4 is 10.1 Å². The summed E-state index contributed by atoms with van der Waals surface area (Å²) in [5.41, 5.74) is 1.27. The van der Waals surface area contributed by atoms with Crippen molar-refractivity contribution in [3.63, 3.8) is 0 Å². The fraction of sp³-hybridized carbons (Fsp3) is 0.429. The van der Waals surface area contributed by atoms with Gasteiger partial charge in [-0.15, -0.1) is 6.58 Å². The maximum Gasteiger partial charge on any atom is 0.119 e. The van der Waals surface area contributed by atoms with Gasteiger partial charge in [-0.2, -0.15) is 0 Å². The normalized spacial score (nSPS) is 10.2. The fourth-order valence-corrected chi connectivity index (χ4v) is 1.42. The number of benzene rings is 1. The van der Waals surface area contributed by atoms with E-state index in [2.05, 4.69) is 24.0 Å². The zero-order valence-corrected chi connectivity index (χ0v) is 10.4. The Morgan fingerprint density at radius 2 is 2.00 bits per heavy atom. The van der Waals surface area contributed by atoms with Crippen molar-refractivity contribution in [1.29, 1.82) is 0 Å². The van der Waals surface area contributed by atoms with Gasteiger partial charge in [0.1, 0.15) is 12.4 Å². The van der Waals surface area contributed by atoms with Crippen LogP contribution in [-0.2, 0) is 11.2 Å². The van der Waals surface area contributed by atoms with E-state index in [1.807, 2.05) is 18.2 Å². The number of methoxy groups -OCH3 is 1. The van der Waals surface area contributed by atoms with Gasteiger partial charge in [0.05, 0.1) is 6.61 Å². The smallest absolute Gasteiger partial charge is 0.119 e. The van der Waals surface area contributed by atoms with Gasteiger partial charge >= 0.3 is 0 Å². The van der Waals surface area contributed by atoms with Crippen molar-refractivity contribution in [3.8, 4) is 5.75 Å². The molecule has 0 aliphatic heterocycles. The van der Waals surface area contributed by atoms with Crippen molar-refractivity contribution in [1.82, 2.24) is 5.32 Å². The molecule has 0 unspecified atom stereocenters. The molecule has 0 aromatic heterocycles. The van der Waals surface area contributed by atoms with Gasteiger partial charge in [-0.05, 0) is 24.1 Å². The lowest BCUT2D eigenvalue weighted by molar-refractivity contribution is 0.202. The van der Waals surface area contributed by atoms with Gasteiger partial charge in [0.2, 0.25) is 0 Å². The summed E-state index contributed by atoms with van der Waals surface area (Å²) in [6, 6.07) is 8.15. The molecule has 0 saturated carbocycles. The average Bonchev–Trinajstić information content (AvgIpc) is 2.37. The summed E-state index contributed by atoms with van der Waals surface area (Å²) in [5, 5.41) is 3.19. The summed E-state index contributed by atoms with van der Waals surface area (Å²) in [6.45, 7) is 6.71. The highest BCUT2D eigenvalue weighted by molar-refractivity contribution is 5.27. The molecule has 17 heavy (non-hydrogen) atoms. The Bertz CT molecular complexity index is 309. The average molecular weight is 235 g/mol. The Labute approximate surface area is 103 Å². The van der Waals surface area contributed by atoms with E-state index in [4.69, 9.17) is 9.47 Å². The first-order valence-electron chi connectivity index (χ1n) is 5.89. The second-order valence-corrected chi connectivity index (χ2v) is 3.73. The molecule has 0 amide bonds. The van der Waals surface area contributed by atoms with E-state index < -0.39 is 0 Å². The Morgan fingerprint density at radius 1 is 1.24 bits per heavy atom. The first-order valence-corrected chi connectivity index (χ1v) is 5.89. The minimum atomic E-state index is 0.672. The lowest BCUT2D eigenvalue weighted by Gasteiger charge is -2.07. The molecule has 0 heterocycles. The molecule has 94 valence electrons. The van der Waals surface area contributed by atoms with E-state index in [1.165, 1.54) is 5.56 Å². The minimum Gasteiger partial charge on any atom is -0.492 e. The van der Waals surface area contributed by atoms with Crippen molar-refractivity contribution < 1.29 is 9.47 Å². The Balaban J connectivity index is 2.23. The van der Waals surface area contributed by atoms with Crippen LogP contribution in [0.4, 0.5) is 0 Å². The molecule has 3 nitrogen and oxygen atoms in total. The quantitative estimate of drug-likeness (QED) is 0.525. The molecule has 0 aliphatic carbocycles. The van der Waals surface area contributed by atoms with Gasteiger partial charge in [-0.25, -0.2) is 0 Å². The lowest BCUT2D eigenvalue weighted by Crippen LogP contribution is -2.20. The zero-order valence-electron chi connectivity index (χ0n) is 10.4. The van der Waals surface area contributed by atoms with E-state index in [-0.39, 0.29) is 0 Å². The van der Waals surface area contributed by atoms with E-state index in [1.54, 1.807) is 7.11 Å². The molecule has 0 saturated heterocycles. The van der Waals surface area contributed by atoms with Gasteiger partial charge in [0.25, 0.3) is 0 Å². The molecular weight excluding hydrogens is 214 g/mol. The van der Waals surface area contributed by atoms with Crippen LogP contribution in [-0.4, -0.2) is 33.4 Å². The lowest BCUT2D eigenvalue weighted by atomic mass is 10.1. The van der Waals surface area contributed by atoms with Crippen LogP contribution in [0.3, 0.4) is 0 Å². The summed E-state index contributed by atoms with van der Waals surface area (Å²) in [6.07, 6.45) is 2.78. The van der Waals surface area contributed by atoms with Crippen LogP contribution in [0.5, 0.6) is 5.75 Å². The molecule has 0 spiro atoms. The van der Waals surface area contributed by atoms with Crippen LogP contribution in [0, 0.1) is 0 Å². The minimum absolute atomic E-state index is 0.672. The standard InChI is InChI=1S/C14H21NO2/c1-3-9-15-10-12-17-14-6-4-13(5-7-14)8-11-16-2/h3-7,15H,1,8-12H2,2H3. The van der Waals surface area contributed by atoms with E-state index in [0.717, 1.165) is 31.9 Å². The molecule has 0 atom stereocenters. The molecule has 1 rings (SSSR count). The molecule has 1 aromatic rings. The van der Waals surface area contributed by atoms with Crippen LogP contribution in [0.2, 0.25) is 0 Å². The van der Waals surface area contributed by atoms with Gasteiger partial charge < -0.3 is 14.8 Å². The second kappa shape index (κ2) is 8.79. The third-order valence-corrected chi connectivity index (χ3v) is 2.35. The van der Waals surface area contributed by atoms with Gasteiger partial charge in [-0.3, -0.25) is 0 Å². The highest BCUT2D eigenvalue weighted by Crippen LogP contribution is 2.12. The highest BCUT2D eigenvalue weighted by atomic mass is 16.5. The van der Waals surface area contributed by atoms with E-state index >= 15 is 0 Å². The monoisotopic (exact) mass is 235 g/mol. The molecule has 3 heteroatoms. The van der Waals surface area contributed by atoms with Crippen LogP contribution in [0.25, 0.3) is 0 Å². The van der Waals surface area contributed by atoms with E-state index in [0.29, 0.717) is 6.61 Å². The highest BCUT2D eigenvalue weighted by Gasteiger charge is 1.95. The van der Waals surface area contributed by atoms with Crippen molar-refractivity contribution in [2.24, 2.45) is 0 Å². The molecule has 1 N–H and O–H groups in total. The Morgan fingerprint density at radius 3 is 2.65 bits per heavy atom. The first-order chi connectivity index (χ1) is 8.36. The van der Waals surface area contributed by atoms with Crippen LogP contribution in [0.15, 0.2) is 36.9 Å². The molecule has 0 radical (unpaired) electrons. The molecular formula is C14H21NO2. The molecule has 0 fully saturated rings. The second-order valence-electron chi connectivity index (χ2n) is 3.73. The Kier molecular flexibility index (Phi) is 7.11. The number of nitrogens with one attached hydrogen (secondary N) is 1. The summed E-state index contributed by atoms with van der Waals surface area (Å²) in [4.78, 5) is 0. The molecule has 0 aliphatic rings. The first kappa shape index (κ1) is 13.7. The van der Waals surface area contributed by atoms with Crippen molar-refractivity contribution >= 4 is 0 Å². The maximum atomic E-state index is 5.58. The zero-order chi connectivity index (χ0) is 12.3. The van der Waals surface area contributed by atoms with Crippen LogP contribution >= 0.6 is 0 Å². The fourth-order valence-electron chi connectivity index (χ4n) is 1.42. The van der Waals surface area contributed by atoms with Crippen molar-refractivity contribution in [2.45, 2.75) is 6.42 Å². The topological polar surface area (TPSA) is 30.5 Å². The van der Waals surface area contributed by atoms with Gasteiger partial charge in [0.15, 0.2) is 0 Å². The Hall–Kier alpha value is -1.32. The summed E-state index contributed by atoms with van der Waals surface area (Å²) < 4.78 is 10.6. The maximum absolute atomic E-state index is 5.58. The predicted molar refractivity (Wildman–Crippen MR) is 70.6 cm³/mol. The molecule has 1 aromatic carbocycles. The number of ether oxygens (including phenoxy) is 2. The number of hydrogen-bond acceptors (Lipinski definition) is 3. The summed E-state index contributed by atoms with van der Waals surface area (Å²) in [7, 11) is 1.72. The number of hydrogen-bond donors (Lipinski definition) is 1. The van der Waals surface area contributed by atoms with Crippen LogP contribution in [0.1, 0.15) is 5.56 Å². The summed E-state index contributed by atoms with van der Waals surface area (Å²) in [5.74, 6) is 0.909. The predicted octanol–water partition coefficient (Wildman–Crippen LogP) is 2.03. The third kappa shape index (κ3) is 6.09. The summed E-state index contributed by atoms with van der Waals surface area (Å²) >= 11 is 0. The van der Waals surface area contributed by atoms with E-state index in [9.17, 15) is 0 Å². The molecule has 0 bridgehead atoms. The SMILES string of the molecule is C=CCNCCOc1ccc(CCOC)cc1. The van der Waals surface area contributed by atoms with Gasteiger partial charge in [0, 0.05) is 20.2 Å². The largest absolute Gasteiger partial charge is 0.492 e. The van der Waals surface area contributed by atoms with Crippen molar-refractivity contribution in [2.75, 3.05) is 33.4 Å². The van der Waals surface area contributed by atoms with Gasteiger partial charge in [-0.1, -0.05) is 18.2 Å². The number of rotatable bonds is 9. The third-order valence-electron chi connectivity index (χ3n) is 2.35.